The molecule has 0 aliphatic carbocycles. The van der Waals surface area contributed by atoms with E-state index in [4.69, 9.17) is 9.26 Å². The number of aliphatic hydroxyl groups excluding tert-OH is 2. The minimum Gasteiger partial charge on any atom is -0.388 e. The van der Waals surface area contributed by atoms with E-state index in [1.807, 2.05) is 0 Å². The Morgan fingerprint density at radius 1 is 1.17 bits per heavy atom. The fourth-order valence-corrected chi connectivity index (χ4v) is 5.51. The summed E-state index contributed by atoms with van der Waals surface area (Å²) in [7, 11) is -4.52. The number of hydrogen-bond donors (Lipinski definition) is 5. The van der Waals surface area contributed by atoms with E-state index < -0.39 is 54.3 Å². The van der Waals surface area contributed by atoms with Gasteiger partial charge in [-0.1, -0.05) is 26.0 Å². The Hall–Kier alpha value is -2.19. The quantitative estimate of drug-likeness (QED) is 0.264. The van der Waals surface area contributed by atoms with Crippen LogP contribution in [-0.4, -0.2) is 74.0 Å². The van der Waals surface area contributed by atoms with Crippen LogP contribution in [0.25, 0.3) is 5.69 Å². The zero-order chi connectivity index (χ0) is 27.1. The SMILES string of the molecule is CCC(CC)(CC1OC(n2cc(-n3cc(C)nn3)c(=O)[nH]c2=O)C(O)C1O)OP(=O)(O)C(C)(O)CC. The number of nitrogens with one attached hydrogen (secondary N) is 1. The molecule has 6 atom stereocenters. The van der Waals surface area contributed by atoms with Crippen LogP contribution in [-0.2, 0) is 13.8 Å². The molecule has 0 spiro atoms. The Balaban J connectivity index is 1.92. The average molecular weight is 532 g/mol. The molecule has 1 aliphatic rings. The second kappa shape index (κ2) is 10.3. The van der Waals surface area contributed by atoms with Crippen LogP contribution in [0.3, 0.4) is 0 Å². The molecule has 5 N–H and O–H groups in total. The Morgan fingerprint density at radius 2 is 1.81 bits per heavy atom. The van der Waals surface area contributed by atoms with Gasteiger partial charge in [0.15, 0.2) is 11.6 Å². The van der Waals surface area contributed by atoms with Crippen molar-refractivity contribution in [2.45, 2.75) is 95.8 Å². The highest BCUT2D eigenvalue weighted by Gasteiger charge is 2.51. The molecule has 0 aromatic carbocycles. The topological polar surface area (TPSA) is 202 Å². The van der Waals surface area contributed by atoms with Gasteiger partial charge in [-0.3, -0.25) is 23.4 Å². The summed E-state index contributed by atoms with van der Waals surface area (Å²) in [6.45, 7) is 7.87. The molecule has 3 rings (SSSR count). The minimum atomic E-state index is -4.52. The Kier molecular flexibility index (Phi) is 8.11. The first-order valence-electron chi connectivity index (χ1n) is 11.7. The van der Waals surface area contributed by atoms with Crippen LogP contribution in [0, 0.1) is 6.92 Å². The maximum atomic E-state index is 12.9. The van der Waals surface area contributed by atoms with Crippen molar-refractivity contribution >= 4 is 7.60 Å². The highest BCUT2D eigenvalue weighted by Crippen LogP contribution is 2.59. The zero-order valence-electron chi connectivity index (χ0n) is 20.9. The highest BCUT2D eigenvalue weighted by atomic mass is 31.2. The number of aromatic amines is 1. The van der Waals surface area contributed by atoms with Gasteiger partial charge in [-0.15, -0.1) is 5.10 Å². The van der Waals surface area contributed by atoms with Gasteiger partial charge in [-0.05, 0) is 33.1 Å². The van der Waals surface area contributed by atoms with E-state index in [0.717, 1.165) is 15.4 Å². The van der Waals surface area contributed by atoms with E-state index in [1.54, 1.807) is 27.7 Å². The number of hydrogen-bond acceptors (Lipinski definition) is 10. The molecule has 6 unspecified atom stereocenters. The van der Waals surface area contributed by atoms with Gasteiger partial charge in [-0.25, -0.2) is 9.48 Å². The molecule has 3 heterocycles. The summed E-state index contributed by atoms with van der Waals surface area (Å²) >= 11 is 0. The van der Waals surface area contributed by atoms with Crippen molar-refractivity contribution in [3.63, 3.8) is 0 Å². The molecule has 14 nitrogen and oxygen atoms in total. The lowest BCUT2D eigenvalue weighted by Gasteiger charge is -2.39. The fourth-order valence-electron chi connectivity index (χ4n) is 4.05. The van der Waals surface area contributed by atoms with Crippen LogP contribution in [0.15, 0.2) is 22.0 Å². The van der Waals surface area contributed by atoms with Crippen molar-refractivity contribution in [3.05, 3.63) is 38.9 Å². The molecule has 36 heavy (non-hydrogen) atoms. The smallest absolute Gasteiger partial charge is 0.359 e. The second-order valence-electron chi connectivity index (χ2n) is 9.31. The van der Waals surface area contributed by atoms with Crippen LogP contribution in [0.1, 0.15) is 65.3 Å². The van der Waals surface area contributed by atoms with Crippen molar-refractivity contribution in [2.24, 2.45) is 0 Å². The van der Waals surface area contributed by atoms with Gasteiger partial charge in [0.05, 0.1) is 23.6 Å². The minimum absolute atomic E-state index is 0.0314. The van der Waals surface area contributed by atoms with Gasteiger partial charge in [0, 0.05) is 12.6 Å². The highest BCUT2D eigenvalue weighted by molar-refractivity contribution is 7.54. The molecule has 1 saturated heterocycles. The third-order valence-corrected chi connectivity index (χ3v) is 9.04. The summed E-state index contributed by atoms with van der Waals surface area (Å²) in [6, 6.07) is 0. The standard InChI is InChI=1S/C21H34N5O9P/c1-6-20(5,31)36(32,33)35-21(7-2,8-3)9-14-15(27)16(28)18(34-14)25-11-13(17(29)22-19(25)30)26-10-12(4)23-24-26/h10-11,14-16,18,27-28,31H,6-9H2,1-5H3,(H,32,33)(H,22,29,30). The van der Waals surface area contributed by atoms with Gasteiger partial charge < -0.3 is 24.9 Å². The van der Waals surface area contributed by atoms with E-state index in [0.29, 0.717) is 5.69 Å². The van der Waals surface area contributed by atoms with Gasteiger partial charge in [-0.2, -0.15) is 0 Å². The van der Waals surface area contributed by atoms with Crippen molar-refractivity contribution in [3.8, 4) is 5.69 Å². The first kappa shape index (κ1) is 28.4. The van der Waals surface area contributed by atoms with Gasteiger partial charge in [0.2, 0.25) is 0 Å². The Labute approximate surface area is 207 Å². The van der Waals surface area contributed by atoms with E-state index in [-0.39, 0.29) is 31.4 Å². The largest absolute Gasteiger partial charge is 0.388 e. The number of aliphatic hydroxyl groups is 3. The van der Waals surface area contributed by atoms with Crippen molar-refractivity contribution < 1.29 is 34.0 Å². The molecular weight excluding hydrogens is 497 g/mol. The summed E-state index contributed by atoms with van der Waals surface area (Å²) < 4.78 is 26.5. The monoisotopic (exact) mass is 531 g/mol. The van der Waals surface area contributed by atoms with Crippen LogP contribution < -0.4 is 11.2 Å². The van der Waals surface area contributed by atoms with E-state index in [1.165, 1.54) is 13.1 Å². The Bertz CT molecular complexity index is 1230. The lowest BCUT2D eigenvalue weighted by atomic mass is 9.88. The molecule has 1 fully saturated rings. The first-order chi connectivity index (χ1) is 16.7. The number of aromatic nitrogens is 5. The Morgan fingerprint density at radius 3 is 2.33 bits per heavy atom. The molecule has 0 saturated carbocycles. The molecule has 2 aromatic rings. The molecule has 0 radical (unpaired) electrons. The van der Waals surface area contributed by atoms with Gasteiger partial charge in [0.1, 0.15) is 17.9 Å². The predicted octanol–water partition coefficient (Wildman–Crippen LogP) is 0.314. The first-order valence-corrected chi connectivity index (χ1v) is 13.3. The summed E-state index contributed by atoms with van der Waals surface area (Å²) in [4.78, 5) is 37.5. The normalized spacial score (nSPS) is 26.0. The molecule has 202 valence electrons. The van der Waals surface area contributed by atoms with E-state index >= 15 is 0 Å². The number of aryl methyl sites for hydroxylation is 1. The maximum Gasteiger partial charge on any atom is 0.359 e. The van der Waals surface area contributed by atoms with Crippen LogP contribution in [0.2, 0.25) is 0 Å². The maximum absolute atomic E-state index is 12.9. The lowest BCUT2D eigenvalue weighted by molar-refractivity contribution is -0.0775. The molecule has 2 aromatic heterocycles. The number of nitrogens with zero attached hydrogens (tertiary/aromatic N) is 4. The van der Waals surface area contributed by atoms with Crippen molar-refractivity contribution in [1.29, 1.82) is 0 Å². The molecule has 1 aliphatic heterocycles. The van der Waals surface area contributed by atoms with Crippen LogP contribution >= 0.6 is 7.60 Å². The summed E-state index contributed by atoms with van der Waals surface area (Å²) in [5, 5.41) is 37.5. The summed E-state index contributed by atoms with van der Waals surface area (Å²) in [6.07, 6.45) is -2.63. The van der Waals surface area contributed by atoms with Crippen molar-refractivity contribution in [2.75, 3.05) is 0 Å². The third kappa shape index (κ3) is 5.25. The van der Waals surface area contributed by atoms with Crippen molar-refractivity contribution in [1.82, 2.24) is 24.5 Å². The van der Waals surface area contributed by atoms with Gasteiger partial charge in [0.25, 0.3) is 5.56 Å². The number of ether oxygens (including phenoxy) is 1. The predicted molar refractivity (Wildman–Crippen MR) is 127 cm³/mol. The zero-order valence-corrected chi connectivity index (χ0v) is 21.8. The number of rotatable bonds is 10. The summed E-state index contributed by atoms with van der Waals surface area (Å²) in [5.74, 6) is 0. The fraction of sp³-hybridized carbons (Fsp3) is 0.714. The van der Waals surface area contributed by atoms with Gasteiger partial charge >= 0.3 is 13.3 Å². The van der Waals surface area contributed by atoms with Crippen LogP contribution in [0.4, 0.5) is 0 Å². The molecule has 15 heteroatoms. The van der Waals surface area contributed by atoms with Crippen LogP contribution in [0.5, 0.6) is 0 Å². The average Bonchev–Trinajstić information content (AvgIpc) is 3.36. The second-order valence-corrected chi connectivity index (χ2v) is 11.5. The molecular formula is C21H34N5O9P. The van der Waals surface area contributed by atoms with E-state index in [9.17, 15) is 34.4 Å². The third-order valence-electron chi connectivity index (χ3n) is 6.87. The lowest BCUT2D eigenvalue weighted by Crippen LogP contribution is -2.41. The number of H-pyrrole nitrogens is 1. The molecule has 0 amide bonds. The molecule has 0 bridgehead atoms. The summed E-state index contributed by atoms with van der Waals surface area (Å²) in [5.41, 5.74) is -2.45. The van der Waals surface area contributed by atoms with E-state index in [2.05, 4.69) is 15.3 Å².